The molecule has 1 amide bonds. The van der Waals surface area contributed by atoms with Gasteiger partial charge in [0.15, 0.2) is 0 Å². The van der Waals surface area contributed by atoms with Crippen molar-refractivity contribution in [3.05, 3.63) is 59.4 Å². The predicted molar refractivity (Wildman–Crippen MR) is 69.3 cm³/mol. The second-order valence-corrected chi connectivity index (χ2v) is 4.01. The van der Waals surface area contributed by atoms with Gasteiger partial charge in [-0.3, -0.25) is 9.78 Å². The summed E-state index contributed by atoms with van der Waals surface area (Å²) in [6.45, 7) is 1.83. The van der Waals surface area contributed by atoms with Gasteiger partial charge in [0.05, 0.1) is 18.5 Å². The van der Waals surface area contributed by atoms with Gasteiger partial charge in [-0.2, -0.15) is 0 Å². The Kier molecular flexibility index (Phi) is 3.69. The van der Waals surface area contributed by atoms with Gasteiger partial charge in [-0.05, 0) is 25.1 Å². The number of rotatable bonds is 3. The first-order chi connectivity index (χ1) is 8.70. The number of amides is 1. The number of aryl methyl sites for hydroxylation is 1. The van der Waals surface area contributed by atoms with E-state index in [9.17, 15) is 4.79 Å². The summed E-state index contributed by atoms with van der Waals surface area (Å²) in [7, 11) is 0. The summed E-state index contributed by atoms with van der Waals surface area (Å²) in [6.07, 6.45) is 3.10. The molecule has 4 nitrogen and oxygen atoms in total. The van der Waals surface area contributed by atoms with Crippen LogP contribution < -0.4 is 5.32 Å². The van der Waals surface area contributed by atoms with Gasteiger partial charge in [-0.1, -0.05) is 17.7 Å². The third-order valence-electron chi connectivity index (χ3n) is 2.64. The molecule has 1 heterocycles. The molecular weight excluding hydrogens is 228 g/mol. The molecular formula is C14H14N2O2. The summed E-state index contributed by atoms with van der Waals surface area (Å²) in [6, 6.07) is 8.96. The zero-order valence-electron chi connectivity index (χ0n) is 10.1. The van der Waals surface area contributed by atoms with Crippen molar-refractivity contribution >= 4 is 11.6 Å². The van der Waals surface area contributed by atoms with E-state index in [1.165, 1.54) is 6.20 Å². The van der Waals surface area contributed by atoms with E-state index in [1.807, 2.05) is 19.1 Å². The Morgan fingerprint density at radius 2 is 2.00 bits per heavy atom. The van der Waals surface area contributed by atoms with Crippen LogP contribution in [-0.4, -0.2) is 16.0 Å². The highest BCUT2D eigenvalue weighted by molar-refractivity contribution is 6.04. The molecule has 0 aliphatic rings. The summed E-state index contributed by atoms with van der Waals surface area (Å²) in [5.41, 5.74) is 2.85. The Balaban J connectivity index is 2.18. The maximum atomic E-state index is 12.0. The number of nitrogens with one attached hydrogen (secondary N) is 1. The SMILES string of the molecule is Cc1ccc(C(=O)Nc2cnccc2CO)cc1. The van der Waals surface area contributed by atoms with Crippen molar-refractivity contribution in [1.82, 2.24) is 4.98 Å². The summed E-state index contributed by atoms with van der Waals surface area (Å²) >= 11 is 0. The Bertz CT molecular complexity index is 550. The Morgan fingerprint density at radius 1 is 1.28 bits per heavy atom. The Morgan fingerprint density at radius 3 is 2.67 bits per heavy atom. The number of hydrogen-bond acceptors (Lipinski definition) is 3. The van der Waals surface area contributed by atoms with Gasteiger partial charge in [0.25, 0.3) is 5.91 Å². The van der Waals surface area contributed by atoms with Gasteiger partial charge < -0.3 is 10.4 Å². The number of nitrogens with zero attached hydrogens (tertiary/aromatic N) is 1. The van der Waals surface area contributed by atoms with Crippen molar-refractivity contribution in [3.8, 4) is 0 Å². The Hall–Kier alpha value is -2.20. The summed E-state index contributed by atoms with van der Waals surface area (Å²) < 4.78 is 0. The van der Waals surface area contributed by atoms with Crippen LogP contribution in [-0.2, 0) is 6.61 Å². The van der Waals surface area contributed by atoms with Gasteiger partial charge in [0.2, 0.25) is 0 Å². The van der Waals surface area contributed by atoms with E-state index in [2.05, 4.69) is 10.3 Å². The van der Waals surface area contributed by atoms with E-state index in [4.69, 9.17) is 5.11 Å². The molecule has 0 spiro atoms. The Labute approximate surface area is 105 Å². The van der Waals surface area contributed by atoms with Crippen LogP contribution in [0.25, 0.3) is 0 Å². The van der Waals surface area contributed by atoms with Crippen LogP contribution in [0.4, 0.5) is 5.69 Å². The van der Waals surface area contributed by atoms with Gasteiger partial charge in [-0.15, -0.1) is 0 Å². The number of aliphatic hydroxyl groups excluding tert-OH is 1. The fourth-order valence-electron chi connectivity index (χ4n) is 1.57. The van der Waals surface area contributed by atoms with Gasteiger partial charge in [0, 0.05) is 17.3 Å². The van der Waals surface area contributed by atoms with E-state index in [1.54, 1.807) is 24.4 Å². The normalized spacial score (nSPS) is 10.1. The third kappa shape index (κ3) is 2.73. The lowest BCUT2D eigenvalue weighted by molar-refractivity contribution is 0.102. The van der Waals surface area contributed by atoms with Gasteiger partial charge >= 0.3 is 0 Å². The maximum absolute atomic E-state index is 12.0. The third-order valence-corrected chi connectivity index (χ3v) is 2.64. The monoisotopic (exact) mass is 242 g/mol. The smallest absolute Gasteiger partial charge is 0.255 e. The minimum atomic E-state index is -0.210. The second kappa shape index (κ2) is 5.42. The lowest BCUT2D eigenvalue weighted by Crippen LogP contribution is -2.13. The van der Waals surface area contributed by atoms with Crippen molar-refractivity contribution in [2.75, 3.05) is 5.32 Å². The molecule has 0 atom stereocenters. The lowest BCUT2D eigenvalue weighted by atomic mass is 10.1. The summed E-state index contributed by atoms with van der Waals surface area (Å²) in [4.78, 5) is 15.9. The molecule has 2 N–H and O–H groups in total. The second-order valence-electron chi connectivity index (χ2n) is 4.01. The number of carbonyl (C=O) groups is 1. The van der Waals surface area contributed by atoms with Crippen LogP contribution in [0.2, 0.25) is 0 Å². The fraction of sp³-hybridized carbons (Fsp3) is 0.143. The van der Waals surface area contributed by atoms with Crippen LogP contribution in [0.5, 0.6) is 0 Å². The molecule has 0 unspecified atom stereocenters. The molecule has 0 aliphatic heterocycles. The quantitative estimate of drug-likeness (QED) is 0.866. The zero-order chi connectivity index (χ0) is 13.0. The molecule has 0 saturated carbocycles. The van der Waals surface area contributed by atoms with E-state index in [0.717, 1.165) is 5.56 Å². The first-order valence-corrected chi connectivity index (χ1v) is 5.62. The zero-order valence-corrected chi connectivity index (χ0v) is 10.1. The molecule has 2 aromatic rings. The average Bonchev–Trinajstić information content (AvgIpc) is 2.40. The first kappa shape index (κ1) is 12.3. The van der Waals surface area contributed by atoms with Gasteiger partial charge in [-0.25, -0.2) is 0 Å². The highest BCUT2D eigenvalue weighted by atomic mass is 16.3. The molecule has 92 valence electrons. The van der Waals surface area contributed by atoms with Crippen molar-refractivity contribution < 1.29 is 9.90 Å². The predicted octanol–water partition coefficient (Wildman–Crippen LogP) is 2.13. The molecule has 0 fully saturated rings. The number of benzene rings is 1. The van der Waals surface area contributed by atoms with Crippen molar-refractivity contribution in [2.24, 2.45) is 0 Å². The summed E-state index contributed by atoms with van der Waals surface area (Å²) in [5.74, 6) is -0.210. The average molecular weight is 242 g/mol. The van der Waals surface area contributed by atoms with E-state index in [0.29, 0.717) is 16.8 Å². The van der Waals surface area contributed by atoms with Crippen LogP contribution in [0.1, 0.15) is 21.5 Å². The van der Waals surface area contributed by atoms with Crippen molar-refractivity contribution in [3.63, 3.8) is 0 Å². The van der Waals surface area contributed by atoms with E-state index < -0.39 is 0 Å². The van der Waals surface area contributed by atoms with E-state index in [-0.39, 0.29) is 12.5 Å². The molecule has 18 heavy (non-hydrogen) atoms. The highest BCUT2D eigenvalue weighted by Gasteiger charge is 2.08. The lowest BCUT2D eigenvalue weighted by Gasteiger charge is -2.08. The molecule has 1 aromatic carbocycles. The number of pyridine rings is 1. The van der Waals surface area contributed by atoms with Crippen molar-refractivity contribution in [1.29, 1.82) is 0 Å². The highest BCUT2D eigenvalue weighted by Crippen LogP contribution is 2.14. The molecule has 2 rings (SSSR count). The number of aromatic nitrogens is 1. The van der Waals surface area contributed by atoms with Crippen LogP contribution >= 0.6 is 0 Å². The number of aliphatic hydroxyl groups is 1. The van der Waals surface area contributed by atoms with Gasteiger partial charge in [0.1, 0.15) is 0 Å². The molecule has 1 aromatic heterocycles. The fourth-order valence-corrected chi connectivity index (χ4v) is 1.57. The number of carbonyl (C=O) groups excluding carboxylic acids is 1. The number of anilines is 1. The molecule has 0 saturated heterocycles. The molecule has 0 bridgehead atoms. The number of hydrogen-bond donors (Lipinski definition) is 2. The first-order valence-electron chi connectivity index (χ1n) is 5.62. The molecule has 0 radical (unpaired) electrons. The maximum Gasteiger partial charge on any atom is 0.255 e. The minimum absolute atomic E-state index is 0.133. The topological polar surface area (TPSA) is 62.2 Å². The van der Waals surface area contributed by atoms with Crippen LogP contribution in [0.3, 0.4) is 0 Å². The van der Waals surface area contributed by atoms with E-state index >= 15 is 0 Å². The largest absolute Gasteiger partial charge is 0.392 e. The van der Waals surface area contributed by atoms with Crippen molar-refractivity contribution in [2.45, 2.75) is 13.5 Å². The minimum Gasteiger partial charge on any atom is -0.392 e. The molecule has 4 heteroatoms. The molecule has 0 aliphatic carbocycles. The summed E-state index contributed by atoms with van der Waals surface area (Å²) in [5, 5.41) is 11.9. The standard InChI is InChI=1S/C14H14N2O2/c1-10-2-4-11(5-3-10)14(18)16-13-8-15-7-6-12(13)9-17/h2-8,17H,9H2,1H3,(H,16,18). The van der Waals surface area contributed by atoms with Crippen LogP contribution in [0, 0.1) is 6.92 Å². The van der Waals surface area contributed by atoms with Crippen LogP contribution in [0.15, 0.2) is 42.7 Å².